The number of rotatable bonds is 5. The van der Waals surface area contributed by atoms with Crippen LogP contribution in [0.25, 0.3) is 10.1 Å². The Hall–Kier alpha value is -2.09. The number of thiazole rings is 1. The molecule has 2 unspecified atom stereocenters. The molecule has 9 nitrogen and oxygen atoms in total. The van der Waals surface area contributed by atoms with Crippen LogP contribution in [0.2, 0.25) is 5.02 Å². The molecule has 2 saturated heterocycles. The van der Waals surface area contributed by atoms with E-state index in [1.165, 1.54) is 27.6 Å². The predicted molar refractivity (Wildman–Crippen MR) is 137 cm³/mol. The molecule has 13 heteroatoms. The summed E-state index contributed by atoms with van der Waals surface area (Å²) >= 11 is 8.54. The van der Waals surface area contributed by atoms with Crippen LogP contribution in [0, 0.1) is 0 Å². The van der Waals surface area contributed by atoms with Crippen LogP contribution in [0.5, 0.6) is 0 Å². The van der Waals surface area contributed by atoms with Crippen molar-refractivity contribution in [1.29, 1.82) is 0 Å². The molecule has 4 heterocycles. The van der Waals surface area contributed by atoms with Crippen molar-refractivity contribution in [2.24, 2.45) is 0 Å². The fraction of sp³-hybridized carbons (Fsp3) is 0.409. The van der Waals surface area contributed by atoms with E-state index in [0.717, 1.165) is 45.8 Å². The zero-order valence-corrected chi connectivity index (χ0v) is 22.1. The second-order valence-electron chi connectivity index (χ2n) is 8.50. The van der Waals surface area contributed by atoms with Gasteiger partial charge in [-0.3, -0.25) is 9.59 Å². The van der Waals surface area contributed by atoms with Crippen LogP contribution in [0.3, 0.4) is 0 Å². The van der Waals surface area contributed by atoms with Gasteiger partial charge in [0.05, 0.1) is 0 Å². The molecule has 3 aromatic rings. The van der Waals surface area contributed by atoms with E-state index >= 15 is 0 Å². The Morgan fingerprint density at radius 3 is 2.80 bits per heavy atom. The van der Waals surface area contributed by atoms with E-state index in [9.17, 15) is 18.0 Å². The molecule has 0 radical (unpaired) electrons. The molecule has 5 rings (SSSR count). The fourth-order valence-corrected chi connectivity index (χ4v) is 8.71. The van der Waals surface area contributed by atoms with Gasteiger partial charge in [0.15, 0.2) is 5.01 Å². The Bertz CT molecular complexity index is 1380. The Morgan fingerprint density at radius 2 is 2.06 bits per heavy atom. The van der Waals surface area contributed by atoms with Gasteiger partial charge in [-0.15, -0.1) is 22.7 Å². The number of benzene rings is 1. The standard InChI is InChI=1S/C22H24ClN5O4S3/c1-24-20(29)16-12-27(35(31,32)19-8-13-2-3-15(23)9-17(13)33-19)6-7-28(16)22(30)21-26-11-18(34-21)14-4-5-25-10-14/h2-3,8-9,11,14,16,25H,4-7,10,12H2,1H3,(H,24,29). The van der Waals surface area contributed by atoms with Gasteiger partial charge >= 0.3 is 0 Å². The topological polar surface area (TPSA) is 112 Å². The van der Waals surface area contributed by atoms with Gasteiger partial charge in [-0.05, 0) is 36.6 Å². The van der Waals surface area contributed by atoms with Crippen molar-refractivity contribution in [2.75, 3.05) is 39.8 Å². The molecule has 2 aliphatic rings. The van der Waals surface area contributed by atoms with Crippen LogP contribution in [-0.2, 0) is 14.8 Å². The third-order valence-electron chi connectivity index (χ3n) is 6.38. The molecule has 2 aromatic heterocycles. The lowest BCUT2D eigenvalue weighted by Gasteiger charge is -2.39. The lowest BCUT2D eigenvalue weighted by Crippen LogP contribution is -2.61. The van der Waals surface area contributed by atoms with Gasteiger partial charge in [-0.25, -0.2) is 13.4 Å². The van der Waals surface area contributed by atoms with Crippen molar-refractivity contribution in [3.05, 3.63) is 45.4 Å². The third-order valence-corrected chi connectivity index (χ3v) is 11.2. The predicted octanol–water partition coefficient (Wildman–Crippen LogP) is 2.35. The number of amides is 2. The summed E-state index contributed by atoms with van der Waals surface area (Å²) < 4.78 is 29.1. The number of fused-ring (bicyclic) bond motifs is 1. The van der Waals surface area contributed by atoms with Crippen molar-refractivity contribution < 1.29 is 18.0 Å². The summed E-state index contributed by atoms with van der Waals surface area (Å²) in [7, 11) is -2.39. The van der Waals surface area contributed by atoms with Crippen molar-refractivity contribution >= 4 is 66.2 Å². The summed E-state index contributed by atoms with van der Waals surface area (Å²) in [4.78, 5) is 32.9. The van der Waals surface area contributed by atoms with E-state index in [0.29, 0.717) is 15.9 Å². The molecule has 186 valence electrons. The Labute approximate surface area is 216 Å². The van der Waals surface area contributed by atoms with E-state index in [2.05, 4.69) is 15.6 Å². The van der Waals surface area contributed by atoms with E-state index in [-0.39, 0.29) is 29.8 Å². The fourth-order valence-electron chi connectivity index (χ4n) is 4.44. The van der Waals surface area contributed by atoms with Gasteiger partial charge in [0.1, 0.15) is 10.3 Å². The molecule has 35 heavy (non-hydrogen) atoms. The smallest absolute Gasteiger partial charge is 0.283 e. The van der Waals surface area contributed by atoms with Crippen LogP contribution in [-0.4, -0.2) is 80.2 Å². The van der Waals surface area contributed by atoms with Crippen LogP contribution in [0.1, 0.15) is 27.0 Å². The first kappa shape index (κ1) is 24.6. The normalized spacial score (nSPS) is 21.5. The monoisotopic (exact) mass is 553 g/mol. The first-order valence-corrected chi connectivity index (χ1v) is 14.6. The average molecular weight is 554 g/mol. The van der Waals surface area contributed by atoms with Crippen molar-refractivity contribution in [3.8, 4) is 0 Å². The molecule has 2 N–H and O–H groups in total. The quantitative estimate of drug-likeness (QED) is 0.502. The first-order chi connectivity index (χ1) is 16.8. The SMILES string of the molecule is CNC(=O)C1CN(S(=O)(=O)c2cc3ccc(Cl)cc3s2)CCN1C(=O)c1ncc(C2CCNC2)s1. The van der Waals surface area contributed by atoms with Gasteiger partial charge < -0.3 is 15.5 Å². The number of carbonyl (C=O) groups is 2. The Kier molecular flexibility index (Phi) is 6.85. The van der Waals surface area contributed by atoms with Gasteiger partial charge in [-0.1, -0.05) is 17.7 Å². The highest BCUT2D eigenvalue weighted by Gasteiger charge is 2.41. The number of piperazine rings is 1. The largest absolute Gasteiger partial charge is 0.357 e. The molecule has 0 aliphatic carbocycles. The number of nitrogens with zero attached hydrogens (tertiary/aromatic N) is 3. The maximum Gasteiger partial charge on any atom is 0.283 e. The van der Waals surface area contributed by atoms with E-state index < -0.39 is 22.0 Å². The molecule has 2 atom stereocenters. The lowest BCUT2D eigenvalue weighted by atomic mass is 10.1. The number of hydrogen-bond donors (Lipinski definition) is 2. The zero-order valence-electron chi connectivity index (χ0n) is 18.9. The van der Waals surface area contributed by atoms with Crippen LogP contribution in [0.15, 0.2) is 34.7 Å². The summed E-state index contributed by atoms with van der Waals surface area (Å²) in [5, 5.41) is 7.51. The number of hydrogen-bond acceptors (Lipinski definition) is 8. The van der Waals surface area contributed by atoms with Gasteiger partial charge in [0.25, 0.3) is 15.9 Å². The summed E-state index contributed by atoms with van der Waals surface area (Å²) in [5.41, 5.74) is 0. The Balaban J connectivity index is 1.38. The average Bonchev–Trinajstić information content (AvgIpc) is 3.62. The lowest BCUT2D eigenvalue weighted by molar-refractivity contribution is -0.126. The second kappa shape index (κ2) is 9.75. The minimum Gasteiger partial charge on any atom is -0.357 e. The van der Waals surface area contributed by atoms with Crippen LogP contribution in [0.4, 0.5) is 0 Å². The number of likely N-dealkylation sites (N-methyl/N-ethyl adjacent to an activating group) is 1. The number of carbonyl (C=O) groups excluding carboxylic acids is 2. The highest BCUT2D eigenvalue weighted by atomic mass is 35.5. The Morgan fingerprint density at radius 1 is 1.23 bits per heavy atom. The van der Waals surface area contributed by atoms with Crippen LogP contribution >= 0.6 is 34.3 Å². The number of aromatic nitrogens is 1. The van der Waals surface area contributed by atoms with Gasteiger partial charge in [-0.2, -0.15) is 4.31 Å². The highest BCUT2D eigenvalue weighted by Crippen LogP contribution is 2.34. The number of sulfonamides is 1. The third kappa shape index (κ3) is 4.70. The summed E-state index contributed by atoms with van der Waals surface area (Å²) in [6.45, 7) is 1.84. The molecule has 2 aliphatic heterocycles. The molecule has 2 fully saturated rings. The first-order valence-electron chi connectivity index (χ1n) is 11.2. The van der Waals surface area contributed by atoms with Crippen molar-refractivity contribution in [3.63, 3.8) is 0 Å². The van der Waals surface area contributed by atoms with E-state index in [1.54, 1.807) is 30.5 Å². The molecular formula is C22H24ClN5O4S3. The van der Waals surface area contributed by atoms with Crippen LogP contribution < -0.4 is 10.6 Å². The van der Waals surface area contributed by atoms with E-state index in [4.69, 9.17) is 11.6 Å². The number of halogens is 1. The molecule has 1 aromatic carbocycles. The molecule has 0 bridgehead atoms. The summed E-state index contributed by atoms with van der Waals surface area (Å²) in [5.74, 6) is -0.436. The highest BCUT2D eigenvalue weighted by molar-refractivity contribution is 7.91. The van der Waals surface area contributed by atoms with Crippen molar-refractivity contribution in [2.45, 2.75) is 22.6 Å². The minimum absolute atomic E-state index is 0.0847. The molecule has 0 saturated carbocycles. The molecular weight excluding hydrogens is 530 g/mol. The maximum atomic E-state index is 13.4. The molecule has 0 spiro atoms. The van der Waals surface area contributed by atoms with Crippen molar-refractivity contribution in [1.82, 2.24) is 24.8 Å². The molecule has 2 amide bonds. The zero-order chi connectivity index (χ0) is 24.7. The van der Waals surface area contributed by atoms with Gasteiger partial charge in [0.2, 0.25) is 5.91 Å². The maximum absolute atomic E-state index is 13.4. The summed E-state index contributed by atoms with van der Waals surface area (Å²) in [6, 6.07) is 5.88. The number of nitrogens with one attached hydrogen (secondary N) is 2. The van der Waals surface area contributed by atoms with Gasteiger partial charge in [0, 0.05) is 59.9 Å². The minimum atomic E-state index is -3.86. The second-order valence-corrected chi connectivity index (χ2v) is 13.2. The summed E-state index contributed by atoms with van der Waals surface area (Å²) in [6.07, 6.45) is 2.73. The van der Waals surface area contributed by atoms with E-state index in [1.807, 2.05) is 0 Å². The number of thiophene rings is 1.